The van der Waals surface area contributed by atoms with Gasteiger partial charge in [-0.25, -0.2) is 0 Å². The first-order chi connectivity index (χ1) is 11.0. The van der Waals surface area contributed by atoms with Gasteiger partial charge in [0, 0.05) is 23.1 Å². The van der Waals surface area contributed by atoms with E-state index in [0.717, 1.165) is 36.0 Å². The molecule has 0 bridgehead atoms. The molecule has 0 radical (unpaired) electrons. The first-order valence-corrected chi connectivity index (χ1v) is 8.68. The lowest BCUT2D eigenvalue weighted by Gasteiger charge is -2.31. The average Bonchev–Trinajstić information content (AvgIpc) is 3.05. The van der Waals surface area contributed by atoms with Gasteiger partial charge in [0.05, 0.1) is 0 Å². The number of halogens is 1. The highest BCUT2D eigenvalue weighted by atomic mass is 79.9. The summed E-state index contributed by atoms with van der Waals surface area (Å²) in [5, 5.41) is 12.5. The maximum Gasteiger partial charge on any atom is 0.249 e. The zero-order chi connectivity index (χ0) is 16.4. The van der Waals surface area contributed by atoms with Crippen LogP contribution in [0.25, 0.3) is 11.4 Å². The minimum absolute atomic E-state index is 0.0663. The van der Waals surface area contributed by atoms with Gasteiger partial charge in [0.25, 0.3) is 0 Å². The van der Waals surface area contributed by atoms with Crippen molar-refractivity contribution >= 4 is 21.8 Å². The number of carbonyl (C=O) groups is 1. The summed E-state index contributed by atoms with van der Waals surface area (Å²) in [4.78, 5) is 15.9. The van der Waals surface area contributed by atoms with Gasteiger partial charge in [-0.2, -0.15) is 4.80 Å². The van der Waals surface area contributed by atoms with Crippen LogP contribution in [0.5, 0.6) is 0 Å². The zero-order valence-corrected chi connectivity index (χ0v) is 14.9. The highest BCUT2D eigenvalue weighted by Crippen LogP contribution is 2.21. The van der Waals surface area contributed by atoms with Crippen molar-refractivity contribution in [2.45, 2.75) is 32.7 Å². The fourth-order valence-electron chi connectivity index (χ4n) is 2.70. The van der Waals surface area contributed by atoms with Crippen molar-refractivity contribution in [1.82, 2.24) is 25.1 Å². The van der Waals surface area contributed by atoms with E-state index in [1.807, 2.05) is 36.1 Å². The molecule has 0 saturated carbocycles. The lowest BCUT2D eigenvalue weighted by atomic mass is 9.99. The number of hydrogen-bond donors (Lipinski definition) is 0. The fourth-order valence-corrected chi connectivity index (χ4v) is 2.96. The van der Waals surface area contributed by atoms with Crippen molar-refractivity contribution in [1.29, 1.82) is 0 Å². The zero-order valence-electron chi connectivity index (χ0n) is 13.3. The van der Waals surface area contributed by atoms with Crippen molar-refractivity contribution in [3.63, 3.8) is 0 Å². The van der Waals surface area contributed by atoms with Crippen LogP contribution in [0.1, 0.15) is 32.7 Å². The Morgan fingerprint density at radius 1 is 1.26 bits per heavy atom. The number of tetrazole rings is 1. The highest BCUT2D eigenvalue weighted by Gasteiger charge is 2.27. The molecule has 1 aromatic heterocycles. The molecule has 2 aromatic rings. The molecule has 2 heterocycles. The molecule has 1 amide bonds. The maximum atomic E-state index is 12.6. The molecule has 1 aliphatic rings. The lowest BCUT2D eigenvalue weighted by Crippen LogP contribution is -2.41. The Bertz CT molecular complexity index is 676. The van der Waals surface area contributed by atoms with Gasteiger partial charge in [0.15, 0.2) is 0 Å². The third kappa shape index (κ3) is 3.60. The monoisotopic (exact) mass is 377 g/mol. The van der Waals surface area contributed by atoms with E-state index in [9.17, 15) is 4.79 Å². The Hall–Kier alpha value is -1.76. The van der Waals surface area contributed by atoms with E-state index in [4.69, 9.17) is 0 Å². The summed E-state index contributed by atoms with van der Waals surface area (Å²) in [5.41, 5.74) is 0.880. The number of amides is 1. The molecule has 1 aliphatic heterocycles. The first kappa shape index (κ1) is 16.1. The van der Waals surface area contributed by atoms with Crippen molar-refractivity contribution in [2.24, 2.45) is 5.92 Å². The molecule has 1 unspecified atom stereocenters. The van der Waals surface area contributed by atoms with E-state index in [0.29, 0.717) is 11.7 Å². The van der Waals surface area contributed by atoms with Crippen LogP contribution in [-0.2, 0) is 4.79 Å². The topological polar surface area (TPSA) is 63.9 Å². The van der Waals surface area contributed by atoms with Gasteiger partial charge in [0.1, 0.15) is 6.04 Å². The van der Waals surface area contributed by atoms with Gasteiger partial charge in [-0.3, -0.25) is 4.79 Å². The molecular formula is C16H20BrN5O. The lowest BCUT2D eigenvalue weighted by molar-refractivity contribution is -0.136. The molecule has 1 aromatic carbocycles. The maximum absolute atomic E-state index is 12.6. The molecule has 0 aliphatic carbocycles. The second-order valence-corrected chi connectivity index (χ2v) is 7.04. The molecule has 1 atom stereocenters. The summed E-state index contributed by atoms with van der Waals surface area (Å²) in [6.07, 6.45) is 2.13. The van der Waals surface area contributed by atoms with Crippen LogP contribution in [0, 0.1) is 5.92 Å². The third-order valence-corrected chi connectivity index (χ3v) is 4.86. The van der Waals surface area contributed by atoms with Gasteiger partial charge in [-0.05, 0) is 55.2 Å². The van der Waals surface area contributed by atoms with Crippen molar-refractivity contribution in [2.75, 3.05) is 13.1 Å². The second kappa shape index (κ2) is 6.78. The average molecular weight is 378 g/mol. The van der Waals surface area contributed by atoms with Crippen molar-refractivity contribution in [3.8, 4) is 11.4 Å². The van der Waals surface area contributed by atoms with Gasteiger partial charge in [-0.15, -0.1) is 10.2 Å². The quantitative estimate of drug-likeness (QED) is 0.824. The van der Waals surface area contributed by atoms with Crippen molar-refractivity contribution < 1.29 is 4.79 Å². The first-order valence-electron chi connectivity index (χ1n) is 7.89. The summed E-state index contributed by atoms with van der Waals surface area (Å²) in [6.45, 7) is 5.69. The smallest absolute Gasteiger partial charge is 0.249 e. The Morgan fingerprint density at radius 2 is 1.91 bits per heavy atom. The standard InChI is InChI=1S/C16H20BrN5O/c1-11-7-9-21(10-8-11)16(23)12(2)22-19-15(18-20-22)13-3-5-14(17)6-4-13/h3-6,11-12H,7-10H2,1-2H3. The third-order valence-electron chi connectivity index (χ3n) is 4.33. The van der Waals surface area contributed by atoms with E-state index in [-0.39, 0.29) is 5.91 Å². The Labute approximate surface area is 144 Å². The van der Waals surface area contributed by atoms with Crippen LogP contribution in [0.4, 0.5) is 0 Å². The van der Waals surface area contributed by atoms with Crippen LogP contribution in [0.2, 0.25) is 0 Å². The number of hydrogen-bond acceptors (Lipinski definition) is 4. The molecular weight excluding hydrogens is 358 g/mol. The van der Waals surface area contributed by atoms with E-state index < -0.39 is 6.04 Å². The Kier molecular flexibility index (Phi) is 4.75. The minimum Gasteiger partial charge on any atom is -0.341 e. The van der Waals surface area contributed by atoms with Crippen LogP contribution in [0.3, 0.4) is 0 Å². The van der Waals surface area contributed by atoms with Gasteiger partial charge in [-0.1, -0.05) is 22.9 Å². The van der Waals surface area contributed by atoms with Gasteiger partial charge in [0.2, 0.25) is 11.7 Å². The van der Waals surface area contributed by atoms with E-state index in [2.05, 4.69) is 38.3 Å². The van der Waals surface area contributed by atoms with Crippen LogP contribution >= 0.6 is 15.9 Å². The number of aromatic nitrogens is 4. The highest BCUT2D eigenvalue weighted by molar-refractivity contribution is 9.10. The minimum atomic E-state index is -0.430. The molecule has 6 nitrogen and oxygen atoms in total. The largest absolute Gasteiger partial charge is 0.341 e. The molecule has 23 heavy (non-hydrogen) atoms. The number of piperidine rings is 1. The molecule has 0 spiro atoms. The summed E-state index contributed by atoms with van der Waals surface area (Å²) >= 11 is 3.40. The molecule has 3 rings (SSSR count). The molecule has 7 heteroatoms. The summed E-state index contributed by atoms with van der Waals surface area (Å²) in [6, 6.07) is 7.27. The fraction of sp³-hybridized carbons (Fsp3) is 0.500. The Balaban J connectivity index is 1.71. The predicted octanol–water partition coefficient (Wildman–Crippen LogP) is 2.92. The van der Waals surface area contributed by atoms with Crippen LogP contribution in [-0.4, -0.2) is 44.1 Å². The van der Waals surface area contributed by atoms with E-state index >= 15 is 0 Å². The van der Waals surface area contributed by atoms with Gasteiger partial charge >= 0.3 is 0 Å². The number of carbonyl (C=O) groups excluding carboxylic acids is 1. The van der Waals surface area contributed by atoms with Crippen molar-refractivity contribution in [3.05, 3.63) is 28.7 Å². The van der Waals surface area contributed by atoms with E-state index in [1.165, 1.54) is 4.80 Å². The predicted molar refractivity (Wildman–Crippen MR) is 90.6 cm³/mol. The normalized spacial score (nSPS) is 17.3. The molecule has 122 valence electrons. The van der Waals surface area contributed by atoms with E-state index in [1.54, 1.807) is 0 Å². The number of likely N-dealkylation sites (tertiary alicyclic amines) is 1. The van der Waals surface area contributed by atoms with Crippen LogP contribution < -0.4 is 0 Å². The summed E-state index contributed by atoms with van der Waals surface area (Å²) < 4.78 is 0.997. The Morgan fingerprint density at radius 3 is 2.57 bits per heavy atom. The molecule has 0 N–H and O–H groups in total. The van der Waals surface area contributed by atoms with Gasteiger partial charge < -0.3 is 4.90 Å². The summed E-state index contributed by atoms with van der Waals surface area (Å²) in [5.74, 6) is 1.30. The van der Waals surface area contributed by atoms with Crippen LogP contribution in [0.15, 0.2) is 28.7 Å². The second-order valence-electron chi connectivity index (χ2n) is 6.12. The summed E-state index contributed by atoms with van der Waals surface area (Å²) in [7, 11) is 0. The number of benzene rings is 1. The molecule has 1 saturated heterocycles. The number of rotatable bonds is 3. The SMILES string of the molecule is CC1CCN(C(=O)C(C)n2nnc(-c3ccc(Br)cc3)n2)CC1. The molecule has 1 fully saturated rings. The number of nitrogens with zero attached hydrogens (tertiary/aromatic N) is 5.